The summed E-state index contributed by atoms with van der Waals surface area (Å²) in [4.78, 5) is 14.6. The van der Waals surface area contributed by atoms with Crippen molar-refractivity contribution in [3.05, 3.63) is 164 Å². The second kappa shape index (κ2) is 11.4. The van der Waals surface area contributed by atoms with Crippen LogP contribution in [0.15, 0.2) is 173 Å². The van der Waals surface area contributed by atoms with Gasteiger partial charge in [-0.1, -0.05) is 133 Å². The van der Waals surface area contributed by atoms with E-state index in [9.17, 15) is 0 Å². The van der Waals surface area contributed by atoms with E-state index in [0.29, 0.717) is 17.5 Å². The van der Waals surface area contributed by atoms with Crippen LogP contribution in [0.3, 0.4) is 0 Å². The highest BCUT2D eigenvalue weighted by atomic mass is 16.3. The van der Waals surface area contributed by atoms with Gasteiger partial charge in [0, 0.05) is 43.8 Å². The van der Waals surface area contributed by atoms with E-state index in [2.05, 4.69) is 84.9 Å². The fraction of sp³-hybridized carbons (Fsp3) is 0. The highest BCUT2D eigenvalue weighted by Gasteiger charge is 2.16. The van der Waals surface area contributed by atoms with Crippen LogP contribution in [0.1, 0.15) is 0 Å². The van der Waals surface area contributed by atoms with Crippen molar-refractivity contribution in [3.8, 4) is 56.4 Å². The van der Waals surface area contributed by atoms with Crippen molar-refractivity contribution < 1.29 is 8.83 Å². The molecule has 3 heterocycles. The SMILES string of the molecule is c1ccc(-c2nc(-c3ccccc3)nc(-c3ccc4c(c3)oc3ccc(-c5ccc(-c6cccc7c6oc6ccccc67)cc5)cc34)n2)cc1. The third-order valence-electron chi connectivity index (χ3n) is 9.36. The summed E-state index contributed by atoms with van der Waals surface area (Å²) in [7, 11) is 0. The highest BCUT2D eigenvalue weighted by Crippen LogP contribution is 2.38. The summed E-state index contributed by atoms with van der Waals surface area (Å²) < 4.78 is 12.7. The van der Waals surface area contributed by atoms with E-state index < -0.39 is 0 Å². The lowest BCUT2D eigenvalue weighted by Gasteiger charge is -2.08. The van der Waals surface area contributed by atoms with Crippen LogP contribution in [0.5, 0.6) is 0 Å². The molecule has 0 atom stereocenters. The molecule has 234 valence electrons. The summed E-state index contributed by atoms with van der Waals surface area (Å²) in [6.45, 7) is 0. The molecule has 0 N–H and O–H groups in total. The third kappa shape index (κ3) is 4.75. The average molecular weight is 642 g/mol. The van der Waals surface area contributed by atoms with Gasteiger partial charge in [0.25, 0.3) is 0 Å². The van der Waals surface area contributed by atoms with Crippen LogP contribution in [0.2, 0.25) is 0 Å². The highest BCUT2D eigenvalue weighted by molar-refractivity contribution is 6.10. The normalized spacial score (nSPS) is 11.6. The van der Waals surface area contributed by atoms with Gasteiger partial charge in [0.2, 0.25) is 0 Å². The van der Waals surface area contributed by atoms with Crippen molar-refractivity contribution in [2.75, 3.05) is 0 Å². The number of furan rings is 2. The number of para-hydroxylation sites is 2. The smallest absolute Gasteiger partial charge is 0.164 e. The van der Waals surface area contributed by atoms with Gasteiger partial charge in [0.05, 0.1) is 0 Å². The first-order chi connectivity index (χ1) is 24.7. The van der Waals surface area contributed by atoms with Gasteiger partial charge in [0.1, 0.15) is 22.3 Å². The minimum Gasteiger partial charge on any atom is -0.456 e. The number of hydrogen-bond acceptors (Lipinski definition) is 5. The fourth-order valence-electron chi connectivity index (χ4n) is 6.85. The first-order valence-electron chi connectivity index (χ1n) is 16.6. The van der Waals surface area contributed by atoms with Crippen LogP contribution < -0.4 is 0 Å². The summed E-state index contributed by atoms with van der Waals surface area (Å²) in [6, 6.07) is 55.8. The second-order valence-corrected chi connectivity index (χ2v) is 12.4. The van der Waals surface area contributed by atoms with Crippen LogP contribution >= 0.6 is 0 Å². The molecule has 5 heteroatoms. The van der Waals surface area contributed by atoms with Crippen LogP contribution in [-0.2, 0) is 0 Å². The zero-order chi connectivity index (χ0) is 33.0. The second-order valence-electron chi connectivity index (χ2n) is 12.4. The minimum absolute atomic E-state index is 0.596. The Morgan fingerprint density at radius 3 is 1.60 bits per heavy atom. The van der Waals surface area contributed by atoms with E-state index in [1.54, 1.807) is 0 Å². The molecule has 0 bridgehead atoms. The lowest BCUT2D eigenvalue weighted by atomic mass is 9.98. The fourth-order valence-corrected chi connectivity index (χ4v) is 6.85. The predicted molar refractivity (Wildman–Crippen MR) is 202 cm³/mol. The standard InChI is InChI=1S/C45H27N3O2/c1-3-10-30(11-4-1)43-46-44(31-12-5-2-6-13-31)48-45(47-43)33-22-24-36-38-26-32(23-25-40(38)49-41(36)27-33)28-18-20-29(21-19-28)34-15-9-16-37-35-14-7-8-17-39(35)50-42(34)37/h1-27H. The number of benzene rings is 7. The van der Waals surface area contributed by atoms with Gasteiger partial charge in [-0.25, -0.2) is 15.0 Å². The lowest BCUT2D eigenvalue weighted by molar-refractivity contribution is 0.669. The van der Waals surface area contributed by atoms with Crippen molar-refractivity contribution in [1.29, 1.82) is 0 Å². The maximum Gasteiger partial charge on any atom is 0.164 e. The molecule has 3 aromatic heterocycles. The van der Waals surface area contributed by atoms with Gasteiger partial charge in [-0.3, -0.25) is 0 Å². The van der Waals surface area contributed by atoms with Gasteiger partial charge in [0.15, 0.2) is 17.5 Å². The molecular formula is C45H27N3O2. The zero-order valence-electron chi connectivity index (χ0n) is 26.7. The summed E-state index contributed by atoms with van der Waals surface area (Å²) in [5, 5.41) is 4.37. The third-order valence-corrected chi connectivity index (χ3v) is 9.36. The molecule has 0 fully saturated rings. The number of hydrogen-bond donors (Lipinski definition) is 0. The molecule has 0 spiro atoms. The van der Waals surface area contributed by atoms with Gasteiger partial charge in [-0.15, -0.1) is 0 Å². The Kier molecular flexibility index (Phi) is 6.42. The van der Waals surface area contributed by atoms with Crippen LogP contribution in [0.4, 0.5) is 0 Å². The maximum absolute atomic E-state index is 6.40. The zero-order valence-corrected chi connectivity index (χ0v) is 26.7. The Morgan fingerprint density at radius 1 is 0.300 bits per heavy atom. The number of nitrogens with zero attached hydrogens (tertiary/aromatic N) is 3. The molecule has 10 aromatic rings. The van der Waals surface area contributed by atoms with E-state index in [0.717, 1.165) is 82.8 Å². The van der Waals surface area contributed by atoms with Crippen molar-refractivity contribution in [2.24, 2.45) is 0 Å². The number of fused-ring (bicyclic) bond motifs is 6. The molecule has 7 aromatic carbocycles. The summed E-state index contributed by atoms with van der Waals surface area (Å²) >= 11 is 0. The summed E-state index contributed by atoms with van der Waals surface area (Å²) in [6.07, 6.45) is 0. The molecule has 0 radical (unpaired) electrons. The monoisotopic (exact) mass is 641 g/mol. The average Bonchev–Trinajstić information content (AvgIpc) is 3.76. The van der Waals surface area contributed by atoms with Crippen LogP contribution in [0.25, 0.3) is 100 Å². The van der Waals surface area contributed by atoms with Gasteiger partial charge in [-0.2, -0.15) is 0 Å². The Hall–Kier alpha value is -6.85. The van der Waals surface area contributed by atoms with E-state index in [1.165, 1.54) is 0 Å². The van der Waals surface area contributed by atoms with Crippen LogP contribution in [-0.4, -0.2) is 15.0 Å². The Bertz CT molecular complexity index is 2800. The molecule has 0 saturated heterocycles. The first-order valence-corrected chi connectivity index (χ1v) is 16.6. The van der Waals surface area contributed by atoms with E-state index in [1.807, 2.05) is 78.9 Å². The number of rotatable bonds is 5. The predicted octanol–water partition coefficient (Wildman–Crippen LogP) is 12.0. The minimum atomic E-state index is 0.596. The number of aromatic nitrogens is 3. The molecule has 0 amide bonds. The molecule has 10 rings (SSSR count). The van der Waals surface area contributed by atoms with Gasteiger partial charge < -0.3 is 8.83 Å². The molecular weight excluding hydrogens is 615 g/mol. The lowest BCUT2D eigenvalue weighted by Crippen LogP contribution is -2.00. The summed E-state index contributed by atoms with van der Waals surface area (Å²) in [5.74, 6) is 1.85. The molecule has 0 unspecified atom stereocenters. The largest absolute Gasteiger partial charge is 0.456 e. The van der Waals surface area contributed by atoms with Gasteiger partial charge >= 0.3 is 0 Å². The maximum atomic E-state index is 6.40. The van der Waals surface area contributed by atoms with Gasteiger partial charge in [-0.05, 0) is 47.0 Å². The molecule has 0 aliphatic heterocycles. The van der Waals surface area contributed by atoms with Crippen LogP contribution in [0, 0.1) is 0 Å². The Balaban J connectivity index is 1.01. The molecule has 50 heavy (non-hydrogen) atoms. The quantitative estimate of drug-likeness (QED) is 0.187. The molecule has 5 nitrogen and oxygen atoms in total. The topological polar surface area (TPSA) is 65.0 Å². The molecule has 0 saturated carbocycles. The first kappa shape index (κ1) is 28.2. The molecule has 0 aliphatic rings. The van der Waals surface area contributed by atoms with E-state index in [4.69, 9.17) is 23.8 Å². The van der Waals surface area contributed by atoms with Crippen molar-refractivity contribution in [2.45, 2.75) is 0 Å². The summed E-state index contributed by atoms with van der Waals surface area (Å²) in [5.41, 5.74) is 10.6. The van der Waals surface area contributed by atoms with Crippen molar-refractivity contribution >= 4 is 43.9 Å². The van der Waals surface area contributed by atoms with Crippen molar-refractivity contribution in [1.82, 2.24) is 15.0 Å². The Labute approximate surface area is 287 Å². The Morgan fingerprint density at radius 2 is 0.860 bits per heavy atom. The van der Waals surface area contributed by atoms with E-state index in [-0.39, 0.29) is 0 Å². The van der Waals surface area contributed by atoms with Crippen molar-refractivity contribution in [3.63, 3.8) is 0 Å². The van der Waals surface area contributed by atoms with E-state index >= 15 is 0 Å². The molecule has 0 aliphatic carbocycles.